The highest BCUT2D eigenvalue weighted by Crippen LogP contribution is 2.26. The van der Waals surface area contributed by atoms with Crippen LogP contribution in [0.25, 0.3) is 0 Å². The monoisotopic (exact) mass is 324 g/mol. The largest absolute Gasteiger partial charge is 0.398 e. The van der Waals surface area contributed by atoms with Gasteiger partial charge in [-0.25, -0.2) is 0 Å². The number of nitrogens with one attached hydrogen (secondary N) is 1. The summed E-state index contributed by atoms with van der Waals surface area (Å²) in [5.41, 5.74) is 11.1. The molecule has 0 heterocycles. The number of hydrogen-bond donors (Lipinski definition) is 2. The third kappa shape index (κ3) is 4.37. The number of nitrogens with two attached hydrogens (primary N) is 1. The maximum Gasteiger partial charge on any atom is 0.0349 e. The average molecular weight is 325 g/mol. The molecule has 3 rings (SSSR count). The van der Waals surface area contributed by atoms with Crippen LogP contribution in [0.5, 0.6) is 0 Å². The minimum atomic E-state index is 0. The van der Waals surface area contributed by atoms with Crippen molar-refractivity contribution in [3.63, 3.8) is 0 Å². The van der Waals surface area contributed by atoms with Gasteiger partial charge >= 0.3 is 0 Å². The van der Waals surface area contributed by atoms with Crippen molar-refractivity contribution in [1.82, 2.24) is 5.32 Å². The van der Waals surface area contributed by atoms with Crippen molar-refractivity contribution in [3.05, 3.63) is 65.2 Å². The fourth-order valence-electron chi connectivity index (χ4n) is 2.87. The van der Waals surface area contributed by atoms with Gasteiger partial charge in [0, 0.05) is 18.3 Å². The zero-order chi connectivity index (χ0) is 13.1. The molecule has 0 aromatic heterocycles. The highest BCUT2D eigenvalue weighted by Gasteiger charge is 2.19. The first kappa shape index (κ1) is 17.8. The molecule has 2 aromatic carbocycles. The Labute approximate surface area is 139 Å². The first-order chi connectivity index (χ1) is 9.33. The second kappa shape index (κ2) is 8.28. The minimum Gasteiger partial charge on any atom is -0.398 e. The molecule has 1 aliphatic rings. The Morgan fingerprint density at radius 3 is 2.52 bits per heavy atom. The number of anilines is 1. The van der Waals surface area contributed by atoms with Gasteiger partial charge in [0.1, 0.15) is 0 Å². The van der Waals surface area contributed by atoms with E-state index in [1.54, 1.807) is 0 Å². The van der Waals surface area contributed by atoms with Crippen molar-refractivity contribution in [2.24, 2.45) is 0 Å². The van der Waals surface area contributed by atoms with E-state index < -0.39 is 0 Å². The molecule has 0 fully saturated rings. The first-order valence-corrected chi connectivity index (χ1v) is 6.96. The summed E-state index contributed by atoms with van der Waals surface area (Å²) < 4.78 is 0. The zero-order valence-electron chi connectivity index (χ0n) is 11.9. The molecule has 0 saturated heterocycles. The van der Waals surface area contributed by atoms with E-state index in [2.05, 4.69) is 47.8 Å². The van der Waals surface area contributed by atoms with Crippen molar-refractivity contribution >= 4 is 30.5 Å². The van der Waals surface area contributed by atoms with Crippen molar-refractivity contribution in [1.29, 1.82) is 0 Å². The van der Waals surface area contributed by atoms with Crippen LogP contribution in [0.15, 0.2) is 48.5 Å². The van der Waals surface area contributed by atoms with Gasteiger partial charge in [-0.3, -0.25) is 0 Å². The van der Waals surface area contributed by atoms with E-state index in [4.69, 9.17) is 5.73 Å². The molecule has 0 amide bonds. The Kier molecular flexibility index (Phi) is 7.03. The maximum absolute atomic E-state index is 6.03. The first-order valence-electron chi connectivity index (χ1n) is 6.96. The fraction of sp³-hybridized carbons (Fsp3) is 0.294. The van der Waals surface area contributed by atoms with E-state index in [1.165, 1.54) is 23.1 Å². The number of fused-ring (bicyclic) bond motifs is 1. The summed E-state index contributed by atoms with van der Waals surface area (Å²) in [7, 11) is 0. The van der Waals surface area contributed by atoms with Crippen LogP contribution in [0.1, 0.15) is 23.1 Å². The molecular formula is C17H22Cl2N2. The number of halogens is 2. The molecule has 0 aliphatic heterocycles. The maximum atomic E-state index is 6.03. The summed E-state index contributed by atoms with van der Waals surface area (Å²) in [6.45, 7) is 0.948. The quantitative estimate of drug-likeness (QED) is 0.843. The lowest BCUT2D eigenvalue weighted by molar-refractivity contribution is 0.458. The van der Waals surface area contributed by atoms with E-state index in [9.17, 15) is 0 Å². The highest BCUT2D eigenvalue weighted by molar-refractivity contribution is 5.85. The van der Waals surface area contributed by atoms with Gasteiger partial charge in [-0.05, 0) is 42.0 Å². The summed E-state index contributed by atoms with van der Waals surface area (Å²) in [6.07, 6.45) is 3.36. The van der Waals surface area contributed by atoms with Gasteiger partial charge in [-0.1, -0.05) is 42.5 Å². The molecule has 2 nitrogen and oxygen atoms in total. The summed E-state index contributed by atoms with van der Waals surface area (Å²) in [5, 5.41) is 3.66. The second-order valence-corrected chi connectivity index (χ2v) is 5.29. The zero-order valence-corrected chi connectivity index (χ0v) is 13.6. The molecule has 114 valence electrons. The lowest BCUT2D eigenvalue weighted by Crippen LogP contribution is -2.34. The third-order valence-electron chi connectivity index (χ3n) is 3.96. The van der Waals surface area contributed by atoms with Crippen molar-refractivity contribution in [3.8, 4) is 0 Å². The van der Waals surface area contributed by atoms with Crippen LogP contribution in [0, 0.1) is 0 Å². The third-order valence-corrected chi connectivity index (χ3v) is 3.96. The summed E-state index contributed by atoms with van der Waals surface area (Å²) in [5.74, 6) is 0. The van der Waals surface area contributed by atoms with Gasteiger partial charge in [0.15, 0.2) is 0 Å². The van der Waals surface area contributed by atoms with Crippen LogP contribution < -0.4 is 11.1 Å². The van der Waals surface area contributed by atoms with E-state index in [-0.39, 0.29) is 24.8 Å². The second-order valence-electron chi connectivity index (χ2n) is 5.29. The summed E-state index contributed by atoms with van der Waals surface area (Å²) in [6, 6.07) is 17.4. The Bertz CT molecular complexity index is 558. The van der Waals surface area contributed by atoms with Crippen LogP contribution in [0.2, 0.25) is 0 Å². The summed E-state index contributed by atoms with van der Waals surface area (Å²) in [4.78, 5) is 0. The number of hydrogen-bond acceptors (Lipinski definition) is 2. The average Bonchev–Trinajstić information content (AvgIpc) is 2.46. The van der Waals surface area contributed by atoms with Crippen LogP contribution >= 0.6 is 24.8 Å². The number of nitrogen functional groups attached to an aromatic ring is 1. The van der Waals surface area contributed by atoms with E-state index in [0.717, 1.165) is 25.1 Å². The van der Waals surface area contributed by atoms with Crippen LogP contribution in [0.4, 0.5) is 5.69 Å². The molecule has 0 spiro atoms. The van der Waals surface area contributed by atoms with Crippen molar-refractivity contribution in [2.45, 2.75) is 31.8 Å². The van der Waals surface area contributed by atoms with E-state index in [0.29, 0.717) is 6.04 Å². The molecule has 3 N–H and O–H groups in total. The van der Waals surface area contributed by atoms with Gasteiger partial charge in [0.25, 0.3) is 0 Å². The van der Waals surface area contributed by atoms with Crippen LogP contribution in [-0.2, 0) is 19.4 Å². The number of rotatable bonds is 3. The van der Waals surface area contributed by atoms with Gasteiger partial charge in [0.2, 0.25) is 0 Å². The van der Waals surface area contributed by atoms with Crippen molar-refractivity contribution in [2.75, 3.05) is 5.73 Å². The Morgan fingerprint density at radius 2 is 1.76 bits per heavy atom. The summed E-state index contributed by atoms with van der Waals surface area (Å²) >= 11 is 0. The lowest BCUT2D eigenvalue weighted by atomic mass is 9.87. The fourth-order valence-corrected chi connectivity index (χ4v) is 2.87. The van der Waals surface area contributed by atoms with Crippen LogP contribution in [0.3, 0.4) is 0 Å². The molecule has 21 heavy (non-hydrogen) atoms. The molecule has 2 aromatic rings. The molecule has 4 heteroatoms. The van der Waals surface area contributed by atoms with Crippen molar-refractivity contribution < 1.29 is 0 Å². The molecule has 0 bridgehead atoms. The van der Waals surface area contributed by atoms with Gasteiger partial charge < -0.3 is 11.1 Å². The van der Waals surface area contributed by atoms with Crippen LogP contribution in [-0.4, -0.2) is 6.04 Å². The highest BCUT2D eigenvalue weighted by atomic mass is 35.5. The van der Waals surface area contributed by atoms with E-state index in [1.807, 2.05) is 6.07 Å². The smallest absolute Gasteiger partial charge is 0.0349 e. The Hall–Kier alpha value is -1.22. The lowest BCUT2D eigenvalue weighted by Gasteiger charge is -2.26. The molecule has 0 radical (unpaired) electrons. The molecular weight excluding hydrogens is 303 g/mol. The van der Waals surface area contributed by atoms with Gasteiger partial charge in [0.05, 0.1) is 0 Å². The Balaban J connectivity index is 0.00000110. The normalized spacial score (nSPS) is 16.3. The molecule has 0 saturated carbocycles. The molecule has 1 aliphatic carbocycles. The predicted octanol–water partition coefficient (Wildman–Crippen LogP) is 3.76. The standard InChI is InChI=1S/C17H20N2.2ClH/c18-17-8-4-7-14-11-15(9-10-16(14)17)19-12-13-5-2-1-3-6-13;;/h1-8,15,19H,9-12,18H2;2*1H. The van der Waals surface area contributed by atoms with Gasteiger partial charge in [-0.2, -0.15) is 0 Å². The minimum absolute atomic E-state index is 0. The molecule has 1 unspecified atom stereocenters. The molecule has 1 atom stereocenters. The van der Waals surface area contributed by atoms with E-state index >= 15 is 0 Å². The Morgan fingerprint density at radius 1 is 1.00 bits per heavy atom. The topological polar surface area (TPSA) is 38.0 Å². The van der Waals surface area contributed by atoms with Gasteiger partial charge in [-0.15, -0.1) is 24.8 Å². The SMILES string of the molecule is Cl.Cl.Nc1cccc2c1CCC(NCc1ccccc1)C2. The predicted molar refractivity (Wildman–Crippen MR) is 94.4 cm³/mol. The number of benzene rings is 2.